The molecule has 1 aromatic heterocycles. The topological polar surface area (TPSA) is 50.4 Å². The Morgan fingerprint density at radius 2 is 1.89 bits per heavy atom. The van der Waals surface area contributed by atoms with E-state index in [1.54, 1.807) is 42.5 Å². The highest BCUT2D eigenvalue weighted by atomic mass is 16.3. The molecule has 0 unspecified atom stereocenters. The van der Waals surface area contributed by atoms with Crippen molar-refractivity contribution >= 4 is 17.6 Å². The van der Waals surface area contributed by atoms with Crippen LogP contribution in [0.25, 0.3) is 11.8 Å². The fourth-order valence-electron chi connectivity index (χ4n) is 1.43. The molecular weight excluding hydrogens is 228 g/mol. The van der Waals surface area contributed by atoms with Crippen molar-refractivity contribution in [2.75, 3.05) is 0 Å². The van der Waals surface area contributed by atoms with Crippen molar-refractivity contribution in [3.05, 3.63) is 72.2 Å². The minimum atomic E-state index is -0.298. The van der Waals surface area contributed by atoms with Gasteiger partial charge in [-0.2, -0.15) is 0 Å². The standard InChI is InChI=1S/C15H12O3/c16-13(8-9-14-7-4-10-18-14)11-15(17)12-5-2-1-3-6-12/h1-11,17H. The first-order valence-electron chi connectivity index (χ1n) is 5.47. The molecule has 0 fully saturated rings. The molecule has 2 aromatic rings. The molecule has 0 aliphatic heterocycles. The fraction of sp³-hybridized carbons (Fsp3) is 0. The van der Waals surface area contributed by atoms with Gasteiger partial charge in [0.25, 0.3) is 0 Å². The van der Waals surface area contributed by atoms with Crippen molar-refractivity contribution in [3.63, 3.8) is 0 Å². The van der Waals surface area contributed by atoms with Gasteiger partial charge < -0.3 is 9.52 Å². The van der Waals surface area contributed by atoms with Gasteiger partial charge in [-0.3, -0.25) is 4.79 Å². The minimum Gasteiger partial charge on any atom is -0.507 e. The zero-order chi connectivity index (χ0) is 12.8. The van der Waals surface area contributed by atoms with Crippen LogP contribution in [0, 0.1) is 0 Å². The second-order valence-electron chi connectivity index (χ2n) is 3.65. The summed E-state index contributed by atoms with van der Waals surface area (Å²) >= 11 is 0. The van der Waals surface area contributed by atoms with E-state index in [9.17, 15) is 9.90 Å². The maximum absolute atomic E-state index is 11.6. The van der Waals surface area contributed by atoms with Crippen LogP contribution in [0.1, 0.15) is 11.3 Å². The normalized spacial score (nSPS) is 11.9. The molecule has 0 atom stereocenters. The predicted molar refractivity (Wildman–Crippen MR) is 69.8 cm³/mol. The molecule has 0 saturated heterocycles. The van der Waals surface area contributed by atoms with Crippen molar-refractivity contribution < 1.29 is 14.3 Å². The third kappa shape index (κ3) is 3.22. The van der Waals surface area contributed by atoms with Crippen molar-refractivity contribution in [3.8, 4) is 0 Å². The molecule has 1 heterocycles. The molecule has 18 heavy (non-hydrogen) atoms. The molecule has 0 bridgehead atoms. The molecule has 0 aliphatic carbocycles. The van der Waals surface area contributed by atoms with Crippen molar-refractivity contribution in [1.82, 2.24) is 0 Å². The van der Waals surface area contributed by atoms with E-state index in [4.69, 9.17) is 4.42 Å². The Labute approximate surface area is 105 Å². The van der Waals surface area contributed by atoms with Crippen LogP contribution < -0.4 is 0 Å². The third-order valence-electron chi connectivity index (χ3n) is 2.30. The van der Waals surface area contributed by atoms with Gasteiger partial charge in [-0.15, -0.1) is 0 Å². The Morgan fingerprint density at radius 1 is 1.11 bits per heavy atom. The van der Waals surface area contributed by atoms with Gasteiger partial charge in [0.05, 0.1) is 6.26 Å². The molecule has 3 nitrogen and oxygen atoms in total. The second-order valence-corrected chi connectivity index (χ2v) is 3.65. The Bertz CT molecular complexity index is 563. The second kappa shape index (κ2) is 5.68. The Morgan fingerprint density at radius 3 is 2.56 bits per heavy atom. The number of aliphatic hydroxyl groups is 1. The van der Waals surface area contributed by atoms with Gasteiger partial charge in [-0.25, -0.2) is 0 Å². The van der Waals surface area contributed by atoms with Gasteiger partial charge in [0.2, 0.25) is 0 Å². The van der Waals surface area contributed by atoms with Crippen LogP contribution in [0.5, 0.6) is 0 Å². The maximum atomic E-state index is 11.6. The van der Waals surface area contributed by atoms with E-state index in [2.05, 4.69) is 0 Å². The summed E-state index contributed by atoms with van der Waals surface area (Å²) in [6.07, 6.45) is 5.60. The molecule has 0 radical (unpaired) electrons. The zero-order valence-corrected chi connectivity index (χ0v) is 9.61. The highest BCUT2D eigenvalue weighted by Crippen LogP contribution is 2.10. The van der Waals surface area contributed by atoms with Crippen LogP contribution in [0.15, 0.2) is 65.3 Å². The molecular formula is C15H12O3. The zero-order valence-electron chi connectivity index (χ0n) is 9.61. The summed E-state index contributed by atoms with van der Waals surface area (Å²) in [6, 6.07) is 12.4. The van der Waals surface area contributed by atoms with E-state index in [0.717, 1.165) is 0 Å². The van der Waals surface area contributed by atoms with Crippen LogP contribution in [0.2, 0.25) is 0 Å². The lowest BCUT2D eigenvalue weighted by molar-refractivity contribution is -0.110. The van der Waals surface area contributed by atoms with Crippen molar-refractivity contribution in [2.45, 2.75) is 0 Å². The number of allylic oxidation sites excluding steroid dienone is 2. The van der Waals surface area contributed by atoms with Crippen LogP contribution in [-0.4, -0.2) is 10.9 Å². The number of hydrogen-bond acceptors (Lipinski definition) is 3. The molecule has 0 amide bonds. The molecule has 2 rings (SSSR count). The number of carbonyl (C=O) groups excluding carboxylic acids is 1. The summed E-state index contributed by atoms with van der Waals surface area (Å²) < 4.78 is 5.05. The van der Waals surface area contributed by atoms with Crippen LogP contribution in [0.3, 0.4) is 0 Å². The highest BCUT2D eigenvalue weighted by molar-refractivity contribution is 6.05. The van der Waals surface area contributed by atoms with E-state index in [1.807, 2.05) is 6.07 Å². The molecule has 0 aliphatic rings. The SMILES string of the molecule is O=C(C=Cc1ccco1)C=C(O)c1ccccc1. The molecule has 0 saturated carbocycles. The van der Waals surface area contributed by atoms with E-state index in [0.29, 0.717) is 11.3 Å². The van der Waals surface area contributed by atoms with Gasteiger partial charge in [0.1, 0.15) is 11.5 Å². The highest BCUT2D eigenvalue weighted by Gasteiger charge is 2.00. The van der Waals surface area contributed by atoms with Crippen molar-refractivity contribution in [2.24, 2.45) is 0 Å². The number of hydrogen-bond donors (Lipinski definition) is 1. The first-order chi connectivity index (χ1) is 8.75. The summed E-state index contributed by atoms with van der Waals surface area (Å²) in [7, 11) is 0. The van der Waals surface area contributed by atoms with E-state index in [-0.39, 0.29) is 11.5 Å². The monoisotopic (exact) mass is 240 g/mol. The van der Waals surface area contributed by atoms with Gasteiger partial charge in [0, 0.05) is 11.6 Å². The first kappa shape index (κ1) is 11.9. The first-order valence-corrected chi connectivity index (χ1v) is 5.47. The molecule has 3 heteroatoms. The van der Waals surface area contributed by atoms with Gasteiger partial charge in [-0.05, 0) is 24.3 Å². The average Bonchev–Trinajstić information content (AvgIpc) is 2.90. The van der Waals surface area contributed by atoms with Crippen LogP contribution in [0.4, 0.5) is 0 Å². The number of rotatable bonds is 4. The van der Waals surface area contributed by atoms with E-state index < -0.39 is 0 Å². The van der Waals surface area contributed by atoms with E-state index >= 15 is 0 Å². The average molecular weight is 240 g/mol. The summed E-state index contributed by atoms with van der Waals surface area (Å²) in [5.74, 6) is 0.244. The van der Waals surface area contributed by atoms with Crippen LogP contribution in [-0.2, 0) is 4.79 Å². The van der Waals surface area contributed by atoms with Gasteiger partial charge in [-0.1, -0.05) is 30.3 Å². The quantitative estimate of drug-likeness (QED) is 0.657. The molecule has 1 N–H and O–H groups in total. The maximum Gasteiger partial charge on any atom is 0.182 e. The number of carbonyl (C=O) groups is 1. The molecule has 90 valence electrons. The lowest BCUT2D eigenvalue weighted by Gasteiger charge is -1.97. The minimum absolute atomic E-state index is 0.0512. The van der Waals surface area contributed by atoms with E-state index in [1.165, 1.54) is 18.4 Å². The van der Waals surface area contributed by atoms with Gasteiger partial charge in [0.15, 0.2) is 5.78 Å². The lowest BCUT2D eigenvalue weighted by atomic mass is 10.1. The number of ketones is 1. The summed E-state index contributed by atoms with van der Waals surface area (Å²) in [6.45, 7) is 0. The fourth-order valence-corrected chi connectivity index (χ4v) is 1.43. The number of aliphatic hydroxyl groups excluding tert-OH is 1. The Balaban J connectivity index is 2.07. The number of benzene rings is 1. The van der Waals surface area contributed by atoms with Crippen molar-refractivity contribution in [1.29, 1.82) is 0 Å². The summed E-state index contributed by atoms with van der Waals surface area (Å²) in [4.78, 5) is 11.6. The van der Waals surface area contributed by atoms with Gasteiger partial charge >= 0.3 is 0 Å². The molecule has 0 spiro atoms. The third-order valence-corrected chi connectivity index (χ3v) is 2.30. The molecule has 1 aromatic carbocycles. The summed E-state index contributed by atoms with van der Waals surface area (Å²) in [5, 5.41) is 9.73. The number of furan rings is 1. The largest absolute Gasteiger partial charge is 0.507 e. The predicted octanol–water partition coefficient (Wildman–Crippen LogP) is 3.46. The summed E-state index contributed by atoms with van der Waals surface area (Å²) in [5.41, 5.74) is 0.609. The van der Waals surface area contributed by atoms with Crippen LogP contribution >= 0.6 is 0 Å². The Hall–Kier alpha value is -2.55. The lowest BCUT2D eigenvalue weighted by Crippen LogP contribution is -1.90. The Kier molecular flexibility index (Phi) is 3.76. The smallest absolute Gasteiger partial charge is 0.182 e.